The van der Waals surface area contributed by atoms with Crippen molar-refractivity contribution >= 4 is 46.2 Å². The highest BCUT2D eigenvalue weighted by atomic mass is 16.2. The lowest BCUT2D eigenvalue weighted by atomic mass is 9.85. The van der Waals surface area contributed by atoms with E-state index in [-0.39, 0.29) is 35.3 Å². The van der Waals surface area contributed by atoms with Gasteiger partial charge in [-0.2, -0.15) is 0 Å². The molecule has 2 atom stereocenters. The number of unbranched alkanes of at least 4 members (excludes halogenated alkanes) is 2. The molecule has 2 aliphatic rings. The van der Waals surface area contributed by atoms with Crippen molar-refractivity contribution in [2.45, 2.75) is 50.6 Å². The van der Waals surface area contributed by atoms with Gasteiger partial charge in [-0.15, -0.1) is 0 Å². The predicted molar refractivity (Wildman–Crippen MR) is 137 cm³/mol. The van der Waals surface area contributed by atoms with E-state index in [1.165, 1.54) is 24.3 Å². The van der Waals surface area contributed by atoms with Gasteiger partial charge in [0.15, 0.2) is 0 Å². The summed E-state index contributed by atoms with van der Waals surface area (Å²) in [5, 5.41) is 0.603. The Bertz CT molecular complexity index is 1200. The second-order valence-electron chi connectivity index (χ2n) is 9.60. The van der Waals surface area contributed by atoms with Gasteiger partial charge in [-0.05, 0) is 62.8 Å². The average Bonchev–Trinajstić information content (AvgIpc) is 2.88. The van der Waals surface area contributed by atoms with Crippen molar-refractivity contribution in [2.24, 2.45) is 22.9 Å². The van der Waals surface area contributed by atoms with Crippen LogP contribution in [0.1, 0.15) is 80.0 Å². The van der Waals surface area contributed by atoms with Crippen LogP contribution in [0.2, 0.25) is 0 Å². The minimum atomic E-state index is -0.790. The van der Waals surface area contributed by atoms with Gasteiger partial charge >= 0.3 is 0 Å². The summed E-state index contributed by atoms with van der Waals surface area (Å²) in [7, 11) is 0. The lowest BCUT2D eigenvalue weighted by Gasteiger charge is -2.32. The van der Waals surface area contributed by atoms with Crippen LogP contribution in [0.3, 0.4) is 0 Å². The minimum absolute atomic E-state index is 0.124. The molecular formula is C26H30N6O6. The van der Waals surface area contributed by atoms with E-state index >= 15 is 0 Å². The molecule has 4 rings (SSSR count). The number of imide groups is 2. The van der Waals surface area contributed by atoms with Crippen LogP contribution >= 0.6 is 0 Å². The number of benzene rings is 2. The summed E-state index contributed by atoms with van der Waals surface area (Å²) in [5.74, 6) is -3.29. The van der Waals surface area contributed by atoms with Gasteiger partial charge in [0.1, 0.15) is 0 Å². The number of primary amides is 2. The highest BCUT2D eigenvalue weighted by Gasteiger charge is 2.39. The van der Waals surface area contributed by atoms with Crippen molar-refractivity contribution in [1.82, 2.24) is 9.80 Å². The Morgan fingerprint density at radius 1 is 0.579 bits per heavy atom. The summed E-state index contributed by atoms with van der Waals surface area (Å²) >= 11 is 0. The second kappa shape index (κ2) is 10.7. The maximum absolute atomic E-state index is 13.3. The molecular weight excluding hydrogens is 492 g/mol. The largest absolute Gasteiger partial charge is 0.368 e. The molecule has 0 aliphatic carbocycles. The first-order chi connectivity index (χ1) is 18.0. The van der Waals surface area contributed by atoms with Crippen molar-refractivity contribution in [1.29, 1.82) is 0 Å². The molecule has 0 spiro atoms. The van der Waals surface area contributed by atoms with Crippen LogP contribution in [0, 0.1) is 0 Å². The number of hydrogen-bond acceptors (Lipinski definition) is 8. The number of rotatable bonds is 12. The highest BCUT2D eigenvalue weighted by molar-refractivity contribution is 6.33. The molecule has 2 aromatic carbocycles. The summed E-state index contributed by atoms with van der Waals surface area (Å²) < 4.78 is 0. The zero-order chi connectivity index (χ0) is 27.7. The molecule has 0 bridgehead atoms. The van der Waals surface area contributed by atoms with Crippen LogP contribution in [-0.4, -0.2) is 70.4 Å². The van der Waals surface area contributed by atoms with Crippen LogP contribution in [0.15, 0.2) is 24.3 Å². The summed E-state index contributed by atoms with van der Waals surface area (Å²) in [5.41, 5.74) is 22.6. The Morgan fingerprint density at radius 3 is 1.13 bits per heavy atom. The van der Waals surface area contributed by atoms with Gasteiger partial charge in [-0.1, -0.05) is 0 Å². The van der Waals surface area contributed by atoms with Crippen LogP contribution in [-0.2, 0) is 9.59 Å². The molecule has 6 amide bonds. The topological polar surface area (TPSA) is 213 Å². The highest BCUT2D eigenvalue weighted by Crippen LogP contribution is 2.38. The number of carbonyl (C=O) groups is 6. The van der Waals surface area contributed by atoms with E-state index in [9.17, 15) is 28.8 Å². The van der Waals surface area contributed by atoms with Gasteiger partial charge in [0, 0.05) is 46.1 Å². The molecule has 0 saturated heterocycles. The molecule has 0 fully saturated rings. The Balaban J connectivity index is 1.55. The van der Waals surface area contributed by atoms with Crippen molar-refractivity contribution in [2.75, 3.05) is 13.1 Å². The molecule has 8 N–H and O–H groups in total. The Hall–Kier alpha value is -4.16. The molecule has 2 aromatic rings. The fourth-order valence-electron chi connectivity index (χ4n) is 4.93. The smallest absolute Gasteiger partial charge is 0.261 e. The number of amides is 6. The first kappa shape index (κ1) is 26.9. The SMILES string of the molecule is NC(=O)C(N)CCCCN1C(=O)c2ccc3c4c(ccc(c24)C1=O)C(=O)N(CCCCC(N)C(N)=O)C3=O. The third kappa shape index (κ3) is 4.75. The van der Waals surface area contributed by atoms with Crippen molar-refractivity contribution < 1.29 is 28.8 Å². The summed E-state index contributed by atoms with van der Waals surface area (Å²) in [6.45, 7) is 0.247. The van der Waals surface area contributed by atoms with E-state index in [1.54, 1.807) is 0 Å². The number of nitrogens with zero attached hydrogens (tertiary/aromatic N) is 2. The Morgan fingerprint density at radius 2 is 0.868 bits per heavy atom. The lowest BCUT2D eigenvalue weighted by Crippen LogP contribution is -2.44. The first-order valence-corrected chi connectivity index (χ1v) is 12.5. The Kier molecular flexibility index (Phi) is 7.56. The van der Waals surface area contributed by atoms with Gasteiger partial charge in [0.25, 0.3) is 23.6 Å². The van der Waals surface area contributed by atoms with Crippen molar-refractivity contribution in [3.63, 3.8) is 0 Å². The van der Waals surface area contributed by atoms with Crippen LogP contribution in [0.25, 0.3) is 10.8 Å². The fraction of sp³-hybridized carbons (Fsp3) is 0.385. The summed E-state index contributed by atoms with van der Waals surface area (Å²) in [6.07, 6.45) is 2.53. The van der Waals surface area contributed by atoms with E-state index in [0.717, 1.165) is 9.80 Å². The van der Waals surface area contributed by atoms with Crippen molar-refractivity contribution in [3.05, 3.63) is 46.5 Å². The van der Waals surface area contributed by atoms with Gasteiger partial charge in [0.2, 0.25) is 11.8 Å². The fourth-order valence-corrected chi connectivity index (χ4v) is 4.93. The van der Waals surface area contributed by atoms with E-state index in [2.05, 4.69) is 0 Å². The molecule has 0 aromatic heterocycles. The monoisotopic (exact) mass is 522 g/mol. The Labute approximate surface area is 218 Å². The van der Waals surface area contributed by atoms with E-state index in [1.807, 2.05) is 0 Å². The molecule has 2 heterocycles. The molecule has 12 heteroatoms. The first-order valence-electron chi connectivity index (χ1n) is 12.5. The van der Waals surface area contributed by atoms with E-state index in [4.69, 9.17) is 22.9 Å². The third-order valence-electron chi connectivity index (χ3n) is 7.09. The summed E-state index contributed by atoms with van der Waals surface area (Å²) in [6, 6.07) is 4.45. The molecule has 0 radical (unpaired) electrons. The zero-order valence-corrected chi connectivity index (χ0v) is 20.8. The van der Waals surface area contributed by atoms with Crippen LogP contribution < -0.4 is 22.9 Å². The number of carbonyl (C=O) groups excluding carboxylic acids is 6. The molecule has 0 saturated carbocycles. The number of nitrogens with two attached hydrogens (primary N) is 4. The van der Waals surface area contributed by atoms with Crippen LogP contribution in [0.4, 0.5) is 0 Å². The molecule has 200 valence electrons. The lowest BCUT2D eigenvalue weighted by molar-refractivity contribution is -0.120. The normalized spacial score (nSPS) is 16.3. The number of hydrogen-bond donors (Lipinski definition) is 4. The van der Waals surface area contributed by atoms with Crippen LogP contribution in [0.5, 0.6) is 0 Å². The van der Waals surface area contributed by atoms with E-state index in [0.29, 0.717) is 49.3 Å². The summed E-state index contributed by atoms with van der Waals surface area (Å²) in [4.78, 5) is 77.6. The van der Waals surface area contributed by atoms with Gasteiger partial charge < -0.3 is 22.9 Å². The second-order valence-corrected chi connectivity index (χ2v) is 9.60. The maximum atomic E-state index is 13.3. The quantitative estimate of drug-likeness (QED) is 0.219. The van der Waals surface area contributed by atoms with E-state index < -0.39 is 47.5 Å². The van der Waals surface area contributed by atoms with Gasteiger partial charge in [-0.25, -0.2) is 0 Å². The molecule has 38 heavy (non-hydrogen) atoms. The third-order valence-corrected chi connectivity index (χ3v) is 7.09. The van der Waals surface area contributed by atoms with Crippen molar-refractivity contribution in [3.8, 4) is 0 Å². The molecule has 2 aliphatic heterocycles. The molecule has 12 nitrogen and oxygen atoms in total. The van der Waals surface area contributed by atoms with Gasteiger partial charge in [0.05, 0.1) is 12.1 Å². The predicted octanol–water partition coefficient (Wildman–Crippen LogP) is -0.00240. The van der Waals surface area contributed by atoms with Gasteiger partial charge in [-0.3, -0.25) is 38.6 Å². The average molecular weight is 523 g/mol. The maximum Gasteiger partial charge on any atom is 0.261 e. The minimum Gasteiger partial charge on any atom is -0.368 e. The standard InChI is InChI=1S/C26H30N6O6/c27-17(21(29)33)5-1-3-11-31-23(35)13-7-9-15-20-16(10-8-14(19(13)20)24(31)36)26(38)32(25(15)37)12-4-2-6-18(28)22(30)34/h7-10,17-18H,1-6,11-12,27-28H2,(H2,29,33)(H2,30,34). The zero-order valence-electron chi connectivity index (χ0n) is 20.8. The molecule has 2 unspecified atom stereocenters.